The maximum absolute atomic E-state index is 12.4. The molecule has 1 atom stereocenters. The van der Waals surface area contributed by atoms with Crippen molar-refractivity contribution < 1.29 is 18.3 Å². The number of β-amino-alcohol motifs (C(OH)–C–C–N with tert-alkyl or cyclic N) is 1. The van der Waals surface area contributed by atoms with E-state index >= 15 is 0 Å². The van der Waals surface area contributed by atoms with Crippen LogP contribution in [0.2, 0.25) is 0 Å². The minimum Gasteiger partial charge on any atom is -0.391 e. The molecule has 2 fully saturated rings. The van der Waals surface area contributed by atoms with Crippen molar-refractivity contribution in [3.63, 3.8) is 0 Å². The Hall–Kier alpha value is -1.44. The fourth-order valence-corrected chi connectivity index (χ4v) is 4.89. The Kier molecular flexibility index (Phi) is 3.74. The fourth-order valence-electron chi connectivity index (χ4n) is 3.22. The highest BCUT2D eigenvalue weighted by molar-refractivity contribution is 7.88. The van der Waals surface area contributed by atoms with Crippen LogP contribution in [0.5, 0.6) is 0 Å². The second kappa shape index (κ2) is 5.33. The van der Waals surface area contributed by atoms with E-state index in [1.165, 1.54) is 4.31 Å². The number of hydrogen-bond acceptors (Lipinski definition) is 4. The summed E-state index contributed by atoms with van der Waals surface area (Å²) in [4.78, 5) is 12.0. The monoisotopic (exact) mass is 324 g/mol. The van der Waals surface area contributed by atoms with Gasteiger partial charge in [-0.25, -0.2) is 8.42 Å². The zero-order valence-corrected chi connectivity index (χ0v) is 13.3. The first-order valence-corrected chi connectivity index (χ1v) is 8.91. The quantitative estimate of drug-likeness (QED) is 0.820. The van der Waals surface area contributed by atoms with Gasteiger partial charge in [-0.05, 0) is 18.9 Å². The Balaban J connectivity index is 1.70. The van der Waals surface area contributed by atoms with E-state index < -0.39 is 21.5 Å². The summed E-state index contributed by atoms with van der Waals surface area (Å²) in [5.41, 5.74) is 1.01. The van der Waals surface area contributed by atoms with E-state index in [1.54, 1.807) is 6.07 Å². The van der Waals surface area contributed by atoms with Crippen LogP contribution in [-0.4, -0.2) is 49.5 Å². The summed E-state index contributed by atoms with van der Waals surface area (Å²) in [5.74, 6) is -0.214. The molecule has 2 aliphatic heterocycles. The summed E-state index contributed by atoms with van der Waals surface area (Å²) in [6.45, 7) is 2.48. The van der Waals surface area contributed by atoms with Crippen molar-refractivity contribution in [2.45, 2.75) is 25.2 Å². The highest BCUT2D eigenvalue weighted by Gasteiger charge is 2.55. The van der Waals surface area contributed by atoms with Gasteiger partial charge in [-0.1, -0.05) is 29.8 Å². The molecule has 0 bridgehead atoms. The first kappa shape index (κ1) is 15.5. The van der Waals surface area contributed by atoms with Crippen molar-refractivity contribution in [1.82, 2.24) is 9.62 Å². The minimum absolute atomic E-state index is 0.0606. The Morgan fingerprint density at radius 3 is 2.82 bits per heavy atom. The van der Waals surface area contributed by atoms with Crippen molar-refractivity contribution in [2.75, 3.05) is 19.6 Å². The average Bonchev–Trinajstić information content (AvgIpc) is 2.38. The van der Waals surface area contributed by atoms with Crippen LogP contribution >= 0.6 is 0 Å². The van der Waals surface area contributed by atoms with E-state index in [-0.39, 0.29) is 31.3 Å². The van der Waals surface area contributed by atoms with E-state index in [4.69, 9.17) is 0 Å². The number of aliphatic hydroxyl groups is 1. The molecule has 0 radical (unpaired) electrons. The molecule has 1 aromatic rings. The van der Waals surface area contributed by atoms with Gasteiger partial charge in [0.1, 0.15) is 0 Å². The minimum atomic E-state index is -3.44. The van der Waals surface area contributed by atoms with E-state index in [0.717, 1.165) is 11.1 Å². The molecule has 3 rings (SSSR count). The van der Waals surface area contributed by atoms with Gasteiger partial charge >= 0.3 is 0 Å². The maximum atomic E-state index is 12.4. The molecule has 2 aliphatic rings. The van der Waals surface area contributed by atoms with Crippen LogP contribution in [0.4, 0.5) is 0 Å². The molecule has 1 unspecified atom stereocenters. The number of aryl methyl sites for hydroxylation is 1. The van der Waals surface area contributed by atoms with Crippen LogP contribution in [0.25, 0.3) is 0 Å². The van der Waals surface area contributed by atoms with Crippen LogP contribution in [-0.2, 0) is 20.6 Å². The zero-order chi connectivity index (χ0) is 16.0. The van der Waals surface area contributed by atoms with Gasteiger partial charge in [0.05, 0.1) is 17.3 Å². The Morgan fingerprint density at radius 1 is 1.41 bits per heavy atom. The van der Waals surface area contributed by atoms with Crippen molar-refractivity contribution in [2.24, 2.45) is 5.41 Å². The molecular weight excluding hydrogens is 304 g/mol. The number of carbonyl (C=O) groups is 1. The number of nitrogens with one attached hydrogen (secondary N) is 1. The number of sulfonamides is 1. The molecule has 1 amide bonds. The van der Waals surface area contributed by atoms with Gasteiger partial charge in [-0.15, -0.1) is 0 Å². The number of aliphatic hydroxyl groups excluding tert-OH is 1. The topological polar surface area (TPSA) is 86.7 Å². The van der Waals surface area contributed by atoms with Gasteiger partial charge in [-0.2, -0.15) is 4.31 Å². The summed E-state index contributed by atoms with van der Waals surface area (Å²) in [6, 6.07) is 7.40. The lowest BCUT2D eigenvalue weighted by Gasteiger charge is -2.50. The molecule has 2 saturated heterocycles. The van der Waals surface area contributed by atoms with E-state index in [1.807, 2.05) is 25.1 Å². The normalized spacial score (nSPS) is 24.8. The lowest BCUT2D eigenvalue weighted by Crippen LogP contribution is -2.68. The van der Waals surface area contributed by atoms with Crippen molar-refractivity contribution in [3.8, 4) is 0 Å². The maximum Gasteiger partial charge on any atom is 0.229 e. The van der Waals surface area contributed by atoms with Crippen molar-refractivity contribution in [3.05, 3.63) is 35.4 Å². The largest absolute Gasteiger partial charge is 0.391 e. The number of benzene rings is 1. The summed E-state index contributed by atoms with van der Waals surface area (Å²) >= 11 is 0. The van der Waals surface area contributed by atoms with Gasteiger partial charge in [0.25, 0.3) is 0 Å². The molecule has 1 aromatic carbocycles. The summed E-state index contributed by atoms with van der Waals surface area (Å²) in [5, 5.41) is 12.3. The summed E-state index contributed by atoms with van der Waals surface area (Å²) < 4.78 is 26.2. The SMILES string of the molecule is Cc1cccc(CS(=O)(=O)N2CC3(CC(O)CNC3=O)C2)c1. The van der Waals surface area contributed by atoms with Gasteiger partial charge < -0.3 is 10.4 Å². The molecule has 2 heterocycles. The molecule has 1 spiro atoms. The predicted molar refractivity (Wildman–Crippen MR) is 81.4 cm³/mol. The highest BCUT2D eigenvalue weighted by atomic mass is 32.2. The van der Waals surface area contributed by atoms with Crippen molar-refractivity contribution in [1.29, 1.82) is 0 Å². The second-order valence-electron chi connectivity index (χ2n) is 6.36. The fraction of sp³-hybridized carbons (Fsp3) is 0.533. The van der Waals surface area contributed by atoms with Crippen LogP contribution in [0.15, 0.2) is 24.3 Å². The second-order valence-corrected chi connectivity index (χ2v) is 8.33. The highest BCUT2D eigenvalue weighted by Crippen LogP contribution is 2.39. The number of piperidine rings is 1. The van der Waals surface area contributed by atoms with E-state index in [9.17, 15) is 18.3 Å². The Bertz CT molecular complexity index is 695. The number of hydrogen-bond donors (Lipinski definition) is 2. The van der Waals surface area contributed by atoms with Gasteiger partial charge in [-0.3, -0.25) is 4.79 Å². The molecule has 120 valence electrons. The standard InChI is InChI=1S/C15H20N2O4S/c1-11-3-2-4-12(5-11)8-22(20,21)17-9-15(10-17)6-13(18)7-16-14(15)19/h2-5,13,18H,6-10H2,1H3,(H,16,19). The molecular formula is C15H20N2O4S. The van der Waals surface area contributed by atoms with E-state index in [0.29, 0.717) is 6.42 Å². The number of amides is 1. The average molecular weight is 324 g/mol. The first-order valence-electron chi connectivity index (χ1n) is 7.30. The zero-order valence-electron chi connectivity index (χ0n) is 12.4. The summed E-state index contributed by atoms with van der Waals surface area (Å²) in [7, 11) is -3.44. The van der Waals surface area contributed by atoms with Crippen LogP contribution in [0.1, 0.15) is 17.5 Å². The lowest BCUT2D eigenvalue weighted by atomic mass is 9.74. The van der Waals surface area contributed by atoms with E-state index in [2.05, 4.69) is 5.32 Å². The summed E-state index contributed by atoms with van der Waals surface area (Å²) in [6.07, 6.45) is -0.269. The predicted octanol–water partition coefficient (Wildman–Crippen LogP) is 0.00762. The van der Waals surface area contributed by atoms with Gasteiger partial charge in [0, 0.05) is 19.6 Å². The van der Waals surface area contributed by atoms with Crippen LogP contribution < -0.4 is 5.32 Å². The number of rotatable bonds is 3. The third-order valence-electron chi connectivity index (χ3n) is 4.39. The molecule has 0 aromatic heterocycles. The molecule has 6 nitrogen and oxygen atoms in total. The third-order valence-corrected chi connectivity index (χ3v) is 6.13. The van der Waals surface area contributed by atoms with Crippen LogP contribution in [0, 0.1) is 12.3 Å². The number of nitrogens with zero attached hydrogens (tertiary/aromatic N) is 1. The Labute approximate surface area is 130 Å². The Morgan fingerprint density at radius 2 is 2.14 bits per heavy atom. The first-order chi connectivity index (χ1) is 10.3. The smallest absolute Gasteiger partial charge is 0.229 e. The van der Waals surface area contributed by atoms with Gasteiger partial charge in [0.2, 0.25) is 15.9 Å². The van der Waals surface area contributed by atoms with Crippen LogP contribution in [0.3, 0.4) is 0 Å². The molecule has 7 heteroatoms. The molecule has 22 heavy (non-hydrogen) atoms. The third kappa shape index (κ3) is 2.76. The van der Waals surface area contributed by atoms with Gasteiger partial charge in [0.15, 0.2) is 0 Å². The van der Waals surface area contributed by atoms with Crippen molar-refractivity contribution >= 4 is 15.9 Å². The number of carbonyl (C=O) groups excluding carboxylic acids is 1. The molecule has 0 saturated carbocycles. The molecule has 0 aliphatic carbocycles. The lowest BCUT2D eigenvalue weighted by molar-refractivity contribution is -0.145. The molecule has 2 N–H and O–H groups in total.